The summed E-state index contributed by atoms with van der Waals surface area (Å²) in [4.78, 5) is 0. The highest BCUT2D eigenvalue weighted by Gasteiger charge is 2.10. The van der Waals surface area contributed by atoms with E-state index in [0.717, 1.165) is 26.8 Å². The molecule has 4 heteroatoms. The van der Waals surface area contributed by atoms with Gasteiger partial charge in [-0.15, -0.1) is 10.2 Å². The van der Waals surface area contributed by atoms with Crippen LogP contribution in [0.1, 0.15) is 5.56 Å². The highest BCUT2D eigenvalue weighted by molar-refractivity contribution is 7.18. The molecule has 0 aliphatic carbocycles. The van der Waals surface area contributed by atoms with Gasteiger partial charge in [-0.1, -0.05) is 53.3 Å². The Kier molecular flexibility index (Phi) is 3.01. The highest BCUT2D eigenvalue weighted by Crippen LogP contribution is 2.32. The summed E-state index contributed by atoms with van der Waals surface area (Å²) in [6, 6.07) is 16.0. The molecule has 0 bridgehead atoms. The number of nitrogens with two attached hydrogens (primary N) is 1. The highest BCUT2D eigenvalue weighted by atomic mass is 32.1. The molecule has 0 unspecified atom stereocenters. The fourth-order valence-electron chi connectivity index (χ4n) is 1.84. The molecule has 0 fully saturated rings. The normalized spacial score (nSPS) is 10.6. The molecule has 0 aliphatic rings. The lowest BCUT2D eigenvalue weighted by Crippen LogP contribution is -1.88. The van der Waals surface area contributed by atoms with Crippen LogP contribution in [0, 0.1) is 6.92 Å². The third-order valence-corrected chi connectivity index (χ3v) is 3.92. The number of nitrogens with zero attached hydrogens (tertiary/aromatic N) is 2. The molecule has 3 rings (SSSR count). The molecule has 1 aromatic heterocycles. The van der Waals surface area contributed by atoms with Gasteiger partial charge < -0.3 is 5.73 Å². The van der Waals surface area contributed by atoms with E-state index in [1.807, 2.05) is 24.3 Å². The summed E-state index contributed by atoms with van der Waals surface area (Å²) in [6.45, 7) is 2.07. The standard InChI is InChI=1S/C15H13N3S/c1-10-6-8-11(9-7-10)14-17-18-15(19-14)12-4-2-3-5-13(12)16/h2-9H,16H2,1H3. The van der Waals surface area contributed by atoms with E-state index in [1.54, 1.807) is 11.3 Å². The zero-order valence-electron chi connectivity index (χ0n) is 10.5. The van der Waals surface area contributed by atoms with Crippen molar-refractivity contribution in [2.24, 2.45) is 0 Å². The van der Waals surface area contributed by atoms with E-state index in [-0.39, 0.29) is 0 Å². The molecule has 0 saturated carbocycles. The number of aryl methyl sites for hydroxylation is 1. The van der Waals surface area contributed by atoms with Crippen LogP contribution in [0.2, 0.25) is 0 Å². The second kappa shape index (κ2) is 4.82. The number of rotatable bonds is 2. The largest absolute Gasteiger partial charge is 0.398 e. The van der Waals surface area contributed by atoms with Crippen molar-refractivity contribution < 1.29 is 0 Å². The number of aromatic nitrogens is 2. The van der Waals surface area contributed by atoms with Crippen LogP contribution in [0.5, 0.6) is 0 Å². The molecule has 19 heavy (non-hydrogen) atoms. The summed E-state index contributed by atoms with van der Waals surface area (Å²) >= 11 is 1.56. The fraction of sp³-hybridized carbons (Fsp3) is 0.0667. The van der Waals surface area contributed by atoms with Crippen molar-refractivity contribution >= 4 is 17.0 Å². The monoisotopic (exact) mass is 267 g/mol. The van der Waals surface area contributed by atoms with Crippen molar-refractivity contribution in [3.63, 3.8) is 0 Å². The van der Waals surface area contributed by atoms with Crippen molar-refractivity contribution in [1.29, 1.82) is 0 Å². The van der Waals surface area contributed by atoms with Crippen LogP contribution in [-0.2, 0) is 0 Å². The summed E-state index contributed by atoms with van der Waals surface area (Å²) in [6.07, 6.45) is 0. The number of hydrogen-bond acceptors (Lipinski definition) is 4. The molecule has 0 atom stereocenters. The molecule has 2 aromatic carbocycles. The van der Waals surface area contributed by atoms with Gasteiger partial charge >= 0.3 is 0 Å². The topological polar surface area (TPSA) is 51.8 Å². The Hall–Kier alpha value is -2.20. The Bertz CT molecular complexity index is 701. The first kappa shape index (κ1) is 11.9. The van der Waals surface area contributed by atoms with Crippen LogP contribution < -0.4 is 5.73 Å². The van der Waals surface area contributed by atoms with Gasteiger partial charge in [-0.2, -0.15) is 0 Å². The molecule has 3 nitrogen and oxygen atoms in total. The number of para-hydroxylation sites is 1. The van der Waals surface area contributed by atoms with Gasteiger partial charge in [-0.25, -0.2) is 0 Å². The van der Waals surface area contributed by atoms with Gasteiger partial charge in [-0.3, -0.25) is 0 Å². The van der Waals surface area contributed by atoms with Crippen LogP contribution in [0.15, 0.2) is 48.5 Å². The predicted molar refractivity (Wildman–Crippen MR) is 79.9 cm³/mol. The van der Waals surface area contributed by atoms with Gasteiger partial charge in [0.25, 0.3) is 0 Å². The molecule has 2 N–H and O–H groups in total. The van der Waals surface area contributed by atoms with Crippen LogP contribution in [0.3, 0.4) is 0 Å². The van der Waals surface area contributed by atoms with Gasteiger partial charge in [0.1, 0.15) is 10.0 Å². The van der Waals surface area contributed by atoms with Gasteiger partial charge in [-0.05, 0) is 19.1 Å². The minimum absolute atomic E-state index is 0.731. The maximum absolute atomic E-state index is 5.96. The number of anilines is 1. The average molecular weight is 267 g/mol. The second-order valence-electron chi connectivity index (χ2n) is 4.37. The van der Waals surface area contributed by atoms with Crippen molar-refractivity contribution in [3.8, 4) is 21.1 Å². The quantitative estimate of drug-likeness (QED) is 0.719. The fourth-order valence-corrected chi connectivity index (χ4v) is 2.73. The van der Waals surface area contributed by atoms with E-state index >= 15 is 0 Å². The Morgan fingerprint density at radius 2 is 1.58 bits per heavy atom. The van der Waals surface area contributed by atoms with Crippen molar-refractivity contribution in [2.75, 3.05) is 5.73 Å². The molecule has 1 heterocycles. The van der Waals surface area contributed by atoms with E-state index in [1.165, 1.54) is 5.56 Å². The number of benzene rings is 2. The molecular formula is C15H13N3S. The summed E-state index contributed by atoms with van der Waals surface area (Å²) in [5, 5.41) is 10.3. The molecule has 0 radical (unpaired) electrons. The van der Waals surface area contributed by atoms with Crippen molar-refractivity contribution in [1.82, 2.24) is 10.2 Å². The minimum Gasteiger partial charge on any atom is -0.398 e. The number of hydrogen-bond donors (Lipinski definition) is 1. The smallest absolute Gasteiger partial charge is 0.150 e. The zero-order chi connectivity index (χ0) is 13.2. The SMILES string of the molecule is Cc1ccc(-c2nnc(-c3ccccc3N)s2)cc1. The van der Waals surface area contributed by atoms with Crippen molar-refractivity contribution in [3.05, 3.63) is 54.1 Å². The molecule has 0 amide bonds. The summed E-state index contributed by atoms with van der Waals surface area (Å²) in [5.41, 5.74) is 9.96. The van der Waals surface area contributed by atoms with Crippen LogP contribution in [-0.4, -0.2) is 10.2 Å². The summed E-state index contributed by atoms with van der Waals surface area (Å²) < 4.78 is 0. The van der Waals surface area contributed by atoms with E-state index in [9.17, 15) is 0 Å². The molecule has 0 aliphatic heterocycles. The Morgan fingerprint density at radius 3 is 2.32 bits per heavy atom. The van der Waals surface area contributed by atoms with Gasteiger partial charge in [0, 0.05) is 16.8 Å². The second-order valence-corrected chi connectivity index (χ2v) is 5.34. The Morgan fingerprint density at radius 1 is 0.895 bits per heavy atom. The first-order valence-corrected chi connectivity index (χ1v) is 6.81. The summed E-state index contributed by atoms with van der Waals surface area (Å²) in [5.74, 6) is 0. The lowest BCUT2D eigenvalue weighted by molar-refractivity contribution is 1.10. The van der Waals surface area contributed by atoms with Crippen molar-refractivity contribution in [2.45, 2.75) is 6.92 Å². The maximum atomic E-state index is 5.96. The van der Waals surface area contributed by atoms with Gasteiger partial charge in [0.15, 0.2) is 0 Å². The van der Waals surface area contributed by atoms with Crippen LogP contribution in [0.4, 0.5) is 5.69 Å². The average Bonchev–Trinajstić information content (AvgIpc) is 2.89. The minimum atomic E-state index is 0.731. The molecule has 3 aromatic rings. The van der Waals surface area contributed by atoms with Gasteiger partial charge in [0.05, 0.1) is 0 Å². The maximum Gasteiger partial charge on any atom is 0.150 e. The third kappa shape index (κ3) is 2.35. The Labute approximate surface area is 115 Å². The molecule has 0 spiro atoms. The molecular weight excluding hydrogens is 254 g/mol. The van der Waals surface area contributed by atoms with E-state index in [4.69, 9.17) is 5.73 Å². The lowest BCUT2D eigenvalue weighted by atomic mass is 10.2. The van der Waals surface area contributed by atoms with E-state index < -0.39 is 0 Å². The first-order valence-electron chi connectivity index (χ1n) is 5.99. The zero-order valence-corrected chi connectivity index (χ0v) is 11.3. The van der Waals surface area contributed by atoms with E-state index in [2.05, 4.69) is 41.4 Å². The molecule has 94 valence electrons. The van der Waals surface area contributed by atoms with Crippen LogP contribution in [0.25, 0.3) is 21.1 Å². The van der Waals surface area contributed by atoms with E-state index in [0.29, 0.717) is 0 Å². The van der Waals surface area contributed by atoms with Gasteiger partial charge in [0.2, 0.25) is 0 Å². The molecule has 0 saturated heterocycles. The predicted octanol–water partition coefficient (Wildman–Crippen LogP) is 3.76. The first-order chi connectivity index (χ1) is 9.24. The van der Waals surface area contributed by atoms with Crippen LogP contribution >= 0.6 is 11.3 Å². The third-order valence-electron chi connectivity index (χ3n) is 2.91. The Balaban J connectivity index is 2.00. The lowest BCUT2D eigenvalue weighted by Gasteiger charge is -1.99. The number of nitrogen functional groups attached to an aromatic ring is 1. The summed E-state index contributed by atoms with van der Waals surface area (Å²) in [7, 11) is 0.